The Labute approximate surface area is 124 Å². The smallest absolute Gasteiger partial charge is 0.233 e. The van der Waals surface area contributed by atoms with Crippen molar-refractivity contribution in [3.8, 4) is 0 Å². The van der Waals surface area contributed by atoms with Crippen LogP contribution in [-0.4, -0.2) is 34.0 Å². The van der Waals surface area contributed by atoms with Gasteiger partial charge in [0.2, 0.25) is 11.8 Å². The first kappa shape index (κ1) is 13.8. The van der Waals surface area contributed by atoms with E-state index in [1.807, 2.05) is 42.2 Å². The second kappa shape index (κ2) is 5.68. The number of benzene rings is 1. The topological polar surface area (TPSA) is 59.2 Å². The van der Waals surface area contributed by atoms with Crippen molar-refractivity contribution in [2.24, 2.45) is 0 Å². The van der Waals surface area contributed by atoms with Gasteiger partial charge in [-0.1, -0.05) is 42.4 Å². The number of carbonyl (C=O) groups is 1. The van der Waals surface area contributed by atoms with E-state index < -0.39 is 0 Å². The molecule has 0 spiro atoms. The molecule has 5 nitrogen and oxygen atoms in total. The van der Waals surface area contributed by atoms with Crippen molar-refractivity contribution in [1.82, 2.24) is 15.0 Å². The van der Waals surface area contributed by atoms with Crippen molar-refractivity contribution in [3.63, 3.8) is 0 Å². The normalized spacial score (nSPS) is 16.6. The lowest BCUT2D eigenvalue weighted by atomic mass is 9.91. The minimum Gasteiger partial charge on any atom is -0.340 e. The monoisotopic (exact) mass is 285 g/mol. The van der Waals surface area contributed by atoms with E-state index in [9.17, 15) is 4.79 Å². The van der Waals surface area contributed by atoms with Crippen LogP contribution >= 0.6 is 0 Å². The number of amides is 1. The van der Waals surface area contributed by atoms with Crippen LogP contribution in [0, 0.1) is 6.92 Å². The maximum Gasteiger partial charge on any atom is 0.233 e. The van der Waals surface area contributed by atoms with E-state index in [-0.39, 0.29) is 17.7 Å². The van der Waals surface area contributed by atoms with Crippen LogP contribution in [0.25, 0.3) is 0 Å². The lowest BCUT2D eigenvalue weighted by Gasteiger charge is -2.39. The van der Waals surface area contributed by atoms with E-state index >= 15 is 0 Å². The van der Waals surface area contributed by atoms with Gasteiger partial charge in [-0.15, -0.1) is 0 Å². The Hall–Kier alpha value is -2.17. The van der Waals surface area contributed by atoms with E-state index in [1.165, 1.54) is 0 Å². The molecule has 1 atom stereocenters. The summed E-state index contributed by atoms with van der Waals surface area (Å²) in [7, 11) is 0. The number of rotatable bonds is 4. The predicted molar refractivity (Wildman–Crippen MR) is 77.8 cm³/mol. The summed E-state index contributed by atoms with van der Waals surface area (Å²) < 4.78 is 5.17. The molecule has 1 aromatic heterocycles. The Morgan fingerprint density at radius 1 is 1.38 bits per heavy atom. The molecule has 0 unspecified atom stereocenters. The second-order valence-corrected chi connectivity index (χ2v) is 5.49. The SMILES string of the molecule is CC[C@H](C(=O)N1CC(c2nc(C)no2)C1)c1ccccc1. The fourth-order valence-corrected chi connectivity index (χ4v) is 2.75. The molecular weight excluding hydrogens is 266 g/mol. The zero-order chi connectivity index (χ0) is 14.8. The van der Waals surface area contributed by atoms with Crippen LogP contribution in [0.2, 0.25) is 0 Å². The average molecular weight is 285 g/mol. The Balaban J connectivity index is 1.64. The second-order valence-electron chi connectivity index (χ2n) is 5.49. The van der Waals surface area contributed by atoms with Crippen molar-refractivity contribution >= 4 is 5.91 Å². The molecule has 1 aliphatic rings. The third-order valence-corrected chi connectivity index (χ3v) is 3.99. The van der Waals surface area contributed by atoms with Crippen molar-refractivity contribution in [1.29, 1.82) is 0 Å². The Morgan fingerprint density at radius 2 is 2.10 bits per heavy atom. The van der Waals surface area contributed by atoms with Gasteiger partial charge >= 0.3 is 0 Å². The van der Waals surface area contributed by atoms with Crippen LogP contribution in [0.4, 0.5) is 0 Å². The molecule has 21 heavy (non-hydrogen) atoms. The Bertz CT molecular complexity index is 617. The molecule has 1 fully saturated rings. The highest BCUT2D eigenvalue weighted by Gasteiger charge is 2.37. The van der Waals surface area contributed by atoms with Crippen molar-refractivity contribution < 1.29 is 9.32 Å². The summed E-state index contributed by atoms with van der Waals surface area (Å²) in [6, 6.07) is 9.96. The number of aromatic nitrogens is 2. The number of aryl methyl sites for hydroxylation is 1. The van der Waals surface area contributed by atoms with E-state index in [0.29, 0.717) is 24.8 Å². The fourth-order valence-electron chi connectivity index (χ4n) is 2.75. The lowest BCUT2D eigenvalue weighted by molar-refractivity contribution is -0.137. The third-order valence-electron chi connectivity index (χ3n) is 3.99. The molecule has 0 bridgehead atoms. The first-order valence-corrected chi connectivity index (χ1v) is 7.33. The zero-order valence-electron chi connectivity index (χ0n) is 12.3. The predicted octanol–water partition coefficient (Wildman–Crippen LogP) is 2.50. The van der Waals surface area contributed by atoms with Crippen LogP contribution in [0.5, 0.6) is 0 Å². The fraction of sp³-hybridized carbons (Fsp3) is 0.438. The number of likely N-dealkylation sites (tertiary alicyclic amines) is 1. The molecule has 1 saturated heterocycles. The van der Waals surface area contributed by atoms with Gasteiger partial charge in [0.1, 0.15) is 0 Å². The van der Waals surface area contributed by atoms with Crippen molar-refractivity contribution in [2.45, 2.75) is 32.1 Å². The van der Waals surface area contributed by atoms with Crippen LogP contribution in [0.1, 0.15) is 42.5 Å². The molecule has 0 radical (unpaired) electrons. The van der Waals surface area contributed by atoms with Gasteiger partial charge in [-0.3, -0.25) is 4.79 Å². The van der Waals surface area contributed by atoms with Crippen LogP contribution in [0.15, 0.2) is 34.9 Å². The number of hydrogen-bond donors (Lipinski definition) is 0. The molecule has 2 aromatic rings. The van der Waals surface area contributed by atoms with Gasteiger partial charge in [0.25, 0.3) is 0 Å². The molecule has 5 heteroatoms. The highest BCUT2D eigenvalue weighted by Crippen LogP contribution is 2.30. The standard InChI is InChI=1S/C16H19N3O2/c1-3-14(12-7-5-4-6-8-12)16(20)19-9-13(10-19)15-17-11(2)18-21-15/h4-8,13-14H,3,9-10H2,1-2H3/t14-/m0/s1. The van der Waals surface area contributed by atoms with Gasteiger partial charge < -0.3 is 9.42 Å². The average Bonchev–Trinajstić information content (AvgIpc) is 2.85. The summed E-state index contributed by atoms with van der Waals surface area (Å²) >= 11 is 0. The van der Waals surface area contributed by atoms with Crippen LogP contribution < -0.4 is 0 Å². The molecule has 0 saturated carbocycles. The van der Waals surface area contributed by atoms with Crippen molar-refractivity contribution in [3.05, 3.63) is 47.6 Å². The molecule has 1 aliphatic heterocycles. The molecule has 2 heterocycles. The minimum absolute atomic E-state index is 0.0587. The van der Waals surface area contributed by atoms with Gasteiger partial charge in [-0.05, 0) is 18.9 Å². The molecular formula is C16H19N3O2. The van der Waals surface area contributed by atoms with Crippen LogP contribution in [-0.2, 0) is 4.79 Å². The molecule has 1 aromatic carbocycles. The highest BCUT2D eigenvalue weighted by atomic mass is 16.5. The number of hydrogen-bond acceptors (Lipinski definition) is 4. The van der Waals surface area contributed by atoms with E-state index in [2.05, 4.69) is 10.1 Å². The summed E-state index contributed by atoms with van der Waals surface area (Å²) in [6.07, 6.45) is 0.809. The maximum atomic E-state index is 12.6. The molecule has 0 aliphatic carbocycles. The number of carbonyl (C=O) groups excluding carboxylic acids is 1. The van der Waals surface area contributed by atoms with Crippen LogP contribution in [0.3, 0.4) is 0 Å². The van der Waals surface area contributed by atoms with Gasteiger partial charge in [-0.2, -0.15) is 4.98 Å². The maximum absolute atomic E-state index is 12.6. The van der Waals surface area contributed by atoms with Gasteiger partial charge in [0.15, 0.2) is 5.82 Å². The highest BCUT2D eigenvalue weighted by molar-refractivity contribution is 5.84. The molecule has 0 N–H and O–H groups in total. The largest absolute Gasteiger partial charge is 0.340 e. The van der Waals surface area contributed by atoms with Gasteiger partial charge in [0, 0.05) is 13.1 Å². The first-order valence-electron chi connectivity index (χ1n) is 7.33. The Kier molecular flexibility index (Phi) is 3.73. The first-order chi connectivity index (χ1) is 10.2. The summed E-state index contributed by atoms with van der Waals surface area (Å²) in [4.78, 5) is 18.7. The van der Waals surface area contributed by atoms with E-state index in [0.717, 1.165) is 12.0 Å². The van der Waals surface area contributed by atoms with Gasteiger partial charge in [0.05, 0.1) is 11.8 Å². The Morgan fingerprint density at radius 3 is 2.67 bits per heavy atom. The molecule has 1 amide bonds. The van der Waals surface area contributed by atoms with Gasteiger partial charge in [-0.25, -0.2) is 0 Å². The summed E-state index contributed by atoms with van der Waals surface area (Å²) in [5, 5.41) is 3.80. The van der Waals surface area contributed by atoms with E-state index in [4.69, 9.17) is 4.52 Å². The van der Waals surface area contributed by atoms with Crippen molar-refractivity contribution in [2.75, 3.05) is 13.1 Å². The lowest BCUT2D eigenvalue weighted by Crippen LogP contribution is -2.50. The summed E-state index contributed by atoms with van der Waals surface area (Å²) in [5.74, 6) is 1.60. The molecule has 3 rings (SSSR count). The third kappa shape index (κ3) is 2.68. The zero-order valence-corrected chi connectivity index (χ0v) is 12.3. The quantitative estimate of drug-likeness (QED) is 0.866. The minimum atomic E-state index is -0.0587. The molecule has 110 valence electrons. The van der Waals surface area contributed by atoms with E-state index in [1.54, 1.807) is 6.92 Å². The summed E-state index contributed by atoms with van der Waals surface area (Å²) in [5.41, 5.74) is 1.09. The summed E-state index contributed by atoms with van der Waals surface area (Å²) in [6.45, 7) is 5.19. The number of nitrogens with zero attached hydrogens (tertiary/aromatic N) is 3.